The molecule has 0 aliphatic heterocycles. The van der Waals surface area contributed by atoms with E-state index in [9.17, 15) is 4.79 Å². The molecule has 2 N–H and O–H groups in total. The van der Waals surface area contributed by atoms with Gasteiger partial charge in [-0.2, -0.15) is 0 Å². The van der Waals surface area contributed by atoms with Crippen LogP contribution in [0.25, 0.3) is 0 Å². The van der Waals surface area contributed by atoms with E-state index in [-0.39, 0.29) is 6.03 Å². The van der Waals surface area contributed by atoms with Crippen molar-refractivity contribution in [2.75, 3.05) is 10.6 Å². The lowest BCUT2D eigenvalue weighted by Gasteiger charge is -2.12. The van der Waals surface area contributed by atoms with E-state index in [0.29, 0.717) is 16.8 Å². The SMILES string of the molecule is CCc1cnc(CSc2cnc(NC(=O)Nc3c(C)cc(C)cc3C)s2)o1. The molecule has 0 bridgehead atoms. The van der Waals surface area contributed by atoms with Crippen molar-refractivity contribution in [3.05, 3.63) is 52.9 Å². The Balaban J connectivity index is 1.56. The van der Waals surface area contributed by atoms with E-state index in [1.165, 1.54) is 16.9 Å². The molecular formula is C19H22N4O2S2. The molecule has 3 aromatic rings. The average molecular weight is 403 g/mol. The molecule has 0 saturated carbocycles. The Morgan fingerprint density at radius 2 is 1.89 bits per heavy atom. The highest BCUT2D eigenvalue weighted by Gasteiger charge is 2.11. The molecule has 0 fully saturated rings. The van der Waals surface area contributed by atoms with Crippen LogP contribution in [0, 0.1) is 20.8 Å². The molecule has 0 atom stereocenters. The Hall–Kier alpha value is -2.32. The Labute approximate surface area is 166 Å². The van der Waals surface area contributed by atoms with Crippen LogP contribution in [0.15, 0.2) is 33.2 Å². The number of aromatic nitrogens is 2. The van der Waals surface area contributed by atoms with Crippen molar-refractivity contribution < 1.29 is 9.21 Å². The number of urea groups is 1. The molecule has 3 rings (SSSR count). The van der Waals surface area contributed by atoms with Crippen LogP contribution in [0.5, 0.6) is 0 Å². The number of hydrogen-bond donors (Lipinski definition) is 2. The summed E-state index contributed by atoms with van der Waals surface area (Å²) in [6.45, 7) is 8.05. The Bertz CT molecular complexity index is 926. The van der Waals surface area contributed by atoms with Crippen molar-refractivity contribution in [3.8, 4) is 0 Å². The highest BCUT2D eigenvalue weighted by Crippen LogP contribution is 2.31. The number of nitrogens with one attached hydrogen (secondary N) is 2. The topological polar surface area (TPSA) is 80.0 Å². The number of anilines is 2. The molecular weight excluding hydrogens is 380 g/mol. The molecule has 8 heteroatoms. The van der Waals surface area contributed by atoms with Gasteiger partial charge >= 0.3 is 6.03 Å². The lowest BCUT2D eigenvalue weighted by atomic mass is 10.1. The highest BCUT2D eigenvalue weighted by molar-refractivity contribution is 8.00. The second-order valence-electron chi connectivity index (χ2n) is 6.20. The minimum atomic E-state index is -0.295. The number of nitrogens with zero attached hydrogens (tertiary/aromatic N) is 2. The van der Waals surface area contributed by atoms with Gasteiger partial charge in [-0.25, -0.2) is 14.8 Å². The molecule has 0 spiro atoms. The number of carbonyl (C=O) groups excluding carboxylic acids is 1. The van der Waals surface area contributed by atoms with Gasteiger partial charge in [-0.15, -0.1) is 11.8 Å². The second kappa shape index (κ2) is 8.58. The molecule has 1 aromatic carbocycles. The predicted molar refractivity (Wildman–Crippen MR) is 111 cm³/mol. The summed E-state index contributed by atoms with van der Waals surface area (Å²) in [5.41, 5.74) is 4.08. The predicted octanol–water partition coefficient (Wildman–Crippen LogP) is 5.56. The van der Waals surface area contributed by atoms with E-state index < -0.39 is 0 Å². The minimum absolute atomic E-state index is 0.295. The van der Waals surface area contributed by atoms with Crippen LogP contribution in [0.4, 0.5) is 15.6 Å². The molecule has 0 aliphatic rings. The number of thiazole rings is 1. The molecule has 27 heavy (non-hydrogen) atoms. The first-order chi connectivity index (χ1) is 12.9. The van der Waals surface area contributed by atoms with Gasteiger partial charge in [0.05, 0.1) is 22.4 Å². The van der Waals surface area contributed by atoms with Crippen LogP contribution in [-0.4, -0.2) is 16.0 Å². The fourth-order valence-electron chi connectivity index (χ4n) is 2.71. The fourth-order valence-corrected chi connectivity index (χ4v) is 4.43. The Morgan fingerprint density at radius 3 is 2.56 bits per heavy atom. The zero-order valence-electron chi connectivity index (χ0n) is 15.8. The van der Waals surface area contributed by atoms with Crippen LogP contribution in [0.2, 0.25) is 0 Å². The summed E-state index contributed by atoms with van der Waals surface area (Å²) in [5, 5.41) is 6.27. The number of aryl methyl sites for hydroxylation is 4. The summed E-state index contributed by atoms with van der Waals surface area (Å²) in [6.07, 6.45) is 4.34. The van der Waals surface area contributed by atoms with Crippen LogP contribution in [0.3, 0.4) is 0 Å². The van der Waals surface area contributed by atoms with E-state index in [1.54, 1.807) is 24.2 Å². The summed E-state index contributed by atoms with van der Waals surface area (Å²) in [4.78, 5) is 20.8. The summed E-state index contributed by atoms with van der Waals surface area (Å²) in [6, 6.07) is 3.80. The standard InChI is InChI=1S/C19H22N4O2S2/c1-5-14-8-20-15(25-14)10-26-16-9-21-19(27-16)23-18(24)22-17-12(3)6-11(2)7-13(17)4/h6-9H,5,10H2,1-4H3,(H2,21,22,23,24). The molecule has 142 valence electrons. The van der Waals surface area contributed by atoms with Crippen LogP contribution >= 0.6 is 23.1 Å². The lowest BCUT2D eigenvalue weighted by molar-refractivity contribution is 0.262. The van der Waals surface area contributed by atoms with Gasteiger partial charge in [0.2, 0.25) is 5.89 Å². The van der Waals surface area contributed by atoms with Gasteiger partial charge in [-0.3, -0.25) is 5.32 Å². The smallest absolute Gasteiger partial charge is 0.325 e. The van der Waals surface area contributed by atoms with Crippen molar-refractivity contribution >= 4 is 39.9 Å². The minimum Gasteiger partial charge on any atom is -0.445 e. The van der Waals surface area contributed by atoms with Gasteiger partial charge in [0.15, 0.2) is 5.13 Å². The zero-order valence-corrected chi connectivity index (χ0v) is 17.4. The number of benzene rings is 1. The van der Waals surface area contributed by atoms with E-state index >= 15 is 0 Å². The summed E-state index contributed by atoms with van der Waals surface area (Å²) in [5.74, 6) is 2.22. The van der Waals surface area contributed by atoms with Crippen molar-refractivity contribution in [2.45, 2.75) is 44.1 Å². The van der Waals surface area contributed by atoms with Crippen molar-refractivity contribution in [2.24, 2.45) is 0 Å². The zero-order chi connectivity index (χ0) is 19.4. The van der Waals surface area contributed by atoms with Crippen LogP contribution < -0.4 is 10.6 Å². The quantitative estimate of drug-likeness (QED) is 0.528. The van der Waals surface area contributed by atoms with Gasteiger partial charge in [0.25, 0.3) is 0 Å². The van der Waals surface area contributed by atoms with Crippen molar-refractivity contribution in [3.63, 3.8) is 0 Å². The third-order valence-corrected chi connectivity index (χ3v) is 6.00. The number of hydrogen-bond acceptors (Lipinski definition) is 6. The first-order valence-electron chi connectivity index (χ1n) is 8.62. The molecule has 0 unspecified atom stereocenters. The van der Waals surface area contributed by atoms with Crippen molar-refractivity contribution in [1.82, 2.24) is 9.97 Å². The Morgan fingerprint density at radius 1 is 1.15 bits per heavy atom. The van der Waals surface area contributed by atoms with Gasteiger partial charge < -0.3 is 9.73 Å². The maximum Gasteiger partial charge on any atom is 0.325 e. The first kappa shape index (κ1) is 19.4. The van der Waals surface area contributed by atoms with Crippen LogP contribution in [0.1, 0.15) is 35.3 Å². The lowest BCUT2D eigenvalue weighted by Crippen LogP contribution is -2.20. The molecule has 2 heterocycles. The second-order valence-corrected chi connectivity index (χ2v) is 8.51. The normalized spacial score (nSPS) is 10.8. The van der Waals surface area contributed by atoms with Gasteiger partial charge in [0.1, 0.15) is 5.76 Å². The largest absolute Gasteiger partial charge is 0.445 e. The van der Waals surface area contributed by atoms with Crippen molar-refractivity contribution in [1.29, 1.82) is 0 Å². The number of oxazole rings is 1. The molecule has 6 nitrogen and oxygen atoms in total. The molecule has 0 aliphatic carbocycles. The molecule has 0 saturated heterocycles. The molecule has 2 amide bonds. The van der Waals surface area contributed by atoms with Gasteiger partial charge in [-0.05, 0) is 31.9 Å². The van der Waals surface area contributed by atoms with E-state index in [1.807, 2.05) is 39.8 Å². The maximum atomic E-state index is 12.3. The van der Waals surface area contributed by atoms with Gasteiger partial charge in [-0.1, -0.05) is 36.0 Å². The Kier molecular flexibility index (Phi) is 6.18. The monoisotopic (exact) mass is 402 g/mol. The van der Waals surface area contributed by atoms with E-state index in [4.69, 9.17) is 4.42 Å². The number of thioether (sulfide) groups is 1. The fraction of sp³-hybridized carbons (Fsp3) is 0.316. The number of carbonyl (C=O) groups is 1. The third-order valence-electron chi connectivity index (χ3n) is 3.91. The summed E-state index contributed by atoms with van der Waals surface area (Å²) >= 11 is 3.01. The molecule has 0 radical (unpaired) electrons. The highest BCUT2D eigenvalue weighted by atomic mass is 32.2. The van der Waals surface area contributed by atoms with E-state index in [2.05, 4.69) is 20.6 Å². The molecule has 2 aromatic heterocycles. The first-order valence-corrected chi connectivity index (χ1v) is 10.4. The summed E-state index contributed by atoms with van der Waals surface area (Å²) in [7, 11) is 0. The number of rotatable bonds is 6. The van der Waals surface area contributed by atoms with Gasteiger partial charge in [0, 0.05) is 12.1 Å². The third kappa shape index (κ3) is 5.11. The maximum absolute atomic E-state index is 12.3. The van der Waals surface area contributed by atoms with Crippen LogP contribution in [-0.2, 0) is 12.2 Å². The van der Waals surface area contributed by atoms with E-state index in [0.717, 1.165) is 33.2 Å². The average Bonchev–Trinajstić information content (AvgIpc) is 3.25. The number of amides is 2. The summed E-state index contributed by atoms with van der Waals surface area (Å²) < 4.78 is 6.59.